The van der Waals surface area contributed by atoms with Crippen LogP contribution in [0.15, 0.2) is 24.3 Å². The topological polar surface area (TPSA) is 49.8 Å². The first-order valence-corrected chi connectivity index (χ1v) is 6.35. The van der Waals surface area contributed by atoms with Crippen LogP contribution >= 0.6 is 0 Å². The van der Waals surface area contributed by atoms with Gasteiger partial charge in [0.15, 0.2) is 12.5 Å². The number of aldehydes is 1. The number of nitrogens with zero attached hydrogens (tertiary/aromatic N) is 1. The average molecular weight is 249 g/mol. The van der Waals surface area contributed by atoms with Crippen molar-refractivity contribution >= 4 is 12.0 Å². The number of carbonyl (C=O) groups excluding carboxylic acids is 1. The number of aliphatic hydroxyl groups excluding tert-OH is 1. The Morgan fingerprint density at radius 2 is 2.17 bits per heavy atom. The molecule has 1 heterocycles. The van der Waals surface area contributed by atoms with Crippen molar-refractivity contribution in [3.05, 3.63) is 29.8 Å². The second-order valence-electron chi connectivity index (χ2n) is 4.54. The Morgan fingerprint density at radius 1 is 1.44 bits per heavy atom. The molecule has 1 aliphatic heterocycles. The van der Waals surface area contributed by atoms with Gasteiger partial charge in [-0.25, -0.2) is 0 Å². The molecule has 0 spiro atoms. The van der Waals surface area contributed by atoms with E-state index in [4.69, 9.17) is 9.84 Å². The van der Waals surface area contributed by atoms with Crippen LogP contribution in [0, 0.1) is 0 Å². The molecular weight excluding hydrogens is 230 g/mol. The molecule has 1 saturated heterocycles. The highest BCUT2D eigenvalue weighted by Crippen LogP contribution is 2.24. The van der Waals surface area contributed by atoms with Crippen LogP contribution in [0.4, 0.5) is 5.69 Å². The zero-order valence-electron chi connectivity index (χ0n) is 10.6. The second-order valence-corrected chi connectivity index (χ2v) is 4.54. The van der Waals surface area contributed by atoms with Gasteiger partial charge in [-0.15, -0.1) is 0 Å². The predicted octanol–water partition coefficient (Wildman–Crippen LogP) is 1.36. The minimum absolute atomic E-state index is 0.0608. The number of benzene rings is 1. The first-order chi connectivity index (χ1) is 8.78. The van der Waals surface area contributed by atoms with Crippen LogP contribution in [-0.2, 0) is 16.0 Å². The Balaban J connectivity index is 2.12. The Bertz CT molecular complexity index is 391. The molecule has 2 unspecified atom stereocenters. The van der Waals surface area contributed by atoms with Gasteiger partial charge in [-0.2, -0.15) is 0 Å². The summed E-state index contributed by atoms with van der Waals surface area (Å²) in [6, 6.07) is 8.16. The Labute approximate surface area is 107 Å². The first kappa shape index (κ1) is 13.1. The lowest BCUT2D eigenvalue weighted by Crippen LogP contribution is -2.31. The zero-order valence-corrected chi connectivity index (χ0v) is 10.6. The normalized spacial score (nSPS) is 23.3. The fourth-order valence-electron chi connectivity index (χ4n) is 2.24. The van der Waals surface area contributed by atoms with Gasteiger partial charge < -0.3 is 14.7 Å². The summed E-state index contributed by atoms with van der Waals surface area (Å²) in [5.41, 5.74) is 2.26. The molecule has 0 aliphatic carbocycles. The fraction of sp³-hybridized carbons (Fsp3) is 0.500. The maximum atomic E-state index is 11.0. The highest BCUT2D eigenvalue weighted by molar-refractivity contribution is 5.65. The molecule has 0 amide bonds. The van der Waals surface area contributed by atoms with Gasteiger partial charge >= 0.3 is 0 Å². The van der Waals surface area contributed by atoms with Crippen molar-refractivity contribution in [3.63, 3.8) is 0 Å². The summed E-state index contributed by atoms with van der Waals surface area (Å²) in [5.74, 6) is 0. The number of hydrogen-bond donors (Lipinski definition) is 1. The molecule has 0 bridgehead atoms. The number of anilines is 1. The van der Waals surface area contributed by atoms with E-state index < -0.39 is 6.23 Å². The van der Waals surface area contributed by atoms with Gasteiger partial charge in [-0.3, -0.25) is 4.79 Å². The van der Waals surface area contributed by atoms with Gasteiger partial charge in [0, 0.05) is 12.2 Å². The van der Waals surface area contributed by atoms with Gasteiger partial charge in [-0.1, -0.05) is 25.5 Å². The summed E-state index contributed by atoms with van der Waals surface area (Å²) in [7, 11) is 0. The monoisotopic (exact) mass is 249 g/mol. The molecule has 0 aromatic heterocycles. The maximum Gasteiger partial charge on any atom is 0.187 e. The van der Waals surface area contributed by atoms with Crippen molar-refractivity contribution in [2.75, 3.05) is 18.1 Å². The van der Waals surface area contributed by atoms with Crippen LogP contribution in [0.5, 0.6) is 0 Å². The van der Waals surface area contributed by atoms with Crippen LogP contribution in [-0.4, -0.2) is 36.9 Å². The quantitative estimate of drug-likeness (QED) is 0.801. The molecule has 1 fully saturated rings. The molecule has 4 nitrogen and oxygen atoms in total. The fourth-order valence-corrected chi connectivity index (χ4v) is 2.24. The Morgan fingerprint density at radius 3 is 2.72 bits per heavy atom. The van der Waals surface area contributed by atoms with Gasteiger partial charge in [0.1, 0.15) is 6.10 Å². The van der Waals surface area contributed by atoms with Crippen molar-refractivity contribution < 1.29 is 14.6 Å². The molecule has 2 atom stereocenters. The number of aryl methyl sites for hydroxylation is 1. The van der Waals surface area contributed by atoms with E-state index in [0.29, 0.717) is 6.54 Å². The van der Waals surface area contributed by atoms with Crippen molar-refractivity contribution in [1.29, 1.82) is 0 Å². The van der Waals surface area contributed by atoms with E-state index in [1.54, 1.807) is 0 Å². The third kappa shape index (κ3) is 2.71. The minimum Gasteiger partial charge on any atom is -0.394 e. The first-order valence-electron chi connectivity index (χ1n) is 6.35. The molecule has 1 N–H and O–H groups in total. The van der Waals surface area contributed by atoms with E-state index in [1.165, 1.54) is 5.56 Å². The number of aliphatic hydroxyl groups is 1. The van der Waals surface area contributed by atoms with E-state index in [9.17, 15) is 4.79 Å². The van der Waals surface area contributed by atoms with E-state index in [2.05, 4.69) is 19.1 Å². The lowest BCUT2D eigenvalue weighted by atomic mass is 10.1. The van der Waals surface area contributed by atoms with E-state index in [0.717, 1.165) is 24.8 Å². The van der Waals surface area contributed by atoms with E-state index in [1.807, 2.05) is 17.0 Å². The molecular formula is C14H19NO3. The smallest absolute Gasteiger partial charge is 0.187 e. The van der Waals surface area contributed by atoms with Crippen LogP contribution in [0.2, 0.25) is 0 Å². The number of ether oxygens (including phenoxy) is 1. The average Bonchev–Trinajstić information content (AvgIpc) is 2.83. The molecule has 1 aromatic carbocycles. The van der Waals surface area contributed by atoms with Crippen molar-refractivity contribution in [1.82, 2.24) is 0 Å². The SMILES string of the molecule is CCCc1ccc(N2CC(CO)OC2C=O)cc1. The Hall–Kier alpha value is -1.39. The van der Waals surface area contributed by atoms with Crippen LogP contribution in [0.25, 0.3) is 0 Å². The third-order valence-electron chi connectivity index (χ3n) is 3.17. The van der Waals surface area contributed by atoms with Gasteiger partial charge in [0.05, 0.1) is 6.61 Å². The largest absolute Gasteiger partial charge is 0.394 e. The highest BCUT2D eigenvalue weighted by atomic mass is 16.5. The highest BCUT2D eigenvalue weighted by Gasteiger charge is 2.32. The van der Waals surface area contributed by atoms with Gasteiger partial charge in [0.25, 0.3) is 0 Å². The summed E-state index contributed by atoms with van der Waals surface area (Å²) < 4.78 is 5.41. The second kappa shape index (κ2) is 5.98. The van der Waals surface area contributed by atoms with Crippen molar-refractivity contribution in [2.24, 2.45) is 0 Å². The lowest BCUT2D eigenvalue weighted by molar-refractivity contribution is -0.117. The molecule has 1 aromatic rings. The lowest BCUT2D eigenvalue weighted by Gasteiger charge is -2.21. The number of hydrogen-bond acceptors (Lipinski definition) is 4. The maximum absolute atomic E-state index is 11.0. The minimum atomic E-state index is -0.584. The van der Waals surface area contributed by atoms with Crippen LogP contribution < -0.4 is 4.90 Å². The summed E-state index contributed by atoms with van der Waals surface area (Å²) in [6.45, 7) is 2.64. The van der Waals surface area contributed by atoms with Gasteiger partial charge in [0.2, 0.25) is 0 Å². The van der Waals surface area contributed by atoms with E-state index in [-0.39, 0.29) is 12.7 Å². The number of rotatable bonds is 5. The molecule has 18 heavy (non-hydrogen) atoms. The predicted molar refractivity (Wildman–Crippen MR) is 69.6 cm³/mol. The van der Waals surface area contributed by atoms with Crippen LogP contribution in [0.1, 0.15) is 18.9 Å². The molecule has 2 rings (SSSR count). The molecule has 0 saturated carbocycles. The summed E-state index contributed by atoms with van der Waals surface area (Å²) in [6.07, 6.45) is 2.09. The molecule has 0 radical (unpaired) electrons. The van der Waals surface area contributed by atoms with Crippen molar-refractivity contribution in [2.45, 2.75) is 32.1 Å². The summed E-state index contributed by atoms with van der Waals surface area (Å²) in [4.78, 5) is 12.9. The standard InChI is InChI=1S/C14H19NO3/c1-2-3-11-4-6-12(7-5-11)15-8-13(9-16)18-14(15)10-17/h4-7,10,13-14,16H,2-3,8-9H2,1H3. The van der Waals surface area contributed by atoms with E-state index >= 15 is 0 Å². The van der Waals surface area contributed by atoms with Crippen LogP contribution in [0.3, 0.4) is 0 Å². The molecule has 4 heteroatoms. The molecule has 1 aliphatic rings. The molecule has 98 valence electrons. The Kier molecular flexibility index (Phi) is 4.33. The van der Waals surface area contributed by atoms with Crippen molar-refractivity contribution in [3.8, 4) is 0 Å². The number of carbonyl (C=O) groups is 1. The van der Waals surface area contributed by atoms with Gasteiger partial charge in [-0.05, 0) is 24.1 Å². The zero-order chi connectivity index (χ0) is 13.0. The summed E-state index contributed by atoms with van der Waals surface area (Å²) in [5, 5.41) is 9.09. The summed E-state index contributed by atoms with van der Waals surface area (Å²) >= 11 is 0. The third-order valence-corrected chi connectivity index (χ3v) is 3.17.